The molecule has 1 atom stereocenters. The van der Waals surface area contributed by atoms with Crippen molar-refractivity contribution in [3.63, 3.8) is 0 Å². The monoisotopic (exact) mass is 391 g/mol. The summed E-state index contributed by atoms with van der Waals surface area (Å²) >= 11 is 0. The Labute approximate surface area is 167 Å². The van der Waals surface area contributed by atoms with Gasteiger partial charge in [0.2, 0.25) is 0 Å². The Morgan fingerprint density at radius 3 is 2.90 bits per heavy atom. The smallest absolute Gasteiger partial charge is 0.257 e. The molecule has 0 aliphatic heterocycles. The molecule has 0 spiro atoms. The minimum Gasteiger partial charge on any atom is -0.497 e. The van der Waals surface area contributed by atoms with Crippen LogP contribution in [0.25, 0.3) is 11.1 Å². The lowest BCUT2D eigenvalue weighted by molar-refractivity contribution is 0.0941. The van der Waals surface area contributed by atoms with E-state index in [-0.39, 0.29) is 5.91 Å². The van der Waals surface area contributed by atoms with Crippen molar-refractivity contribution in [1.82, 2.24) is 25.0 Å². The summed E-state index contributed by atoms with van der Waals surface area (Å²) in [4.78, 5) is 21.7. The molecule has 0 radical (unpaired) electrons. The SMILES string of the molecule is CCc1noc2ncc(C(=O)NC(c3cccc(OC)c3)c3nccn3C)cc12. The largest absolute Gasteiger partial charge is 0.497 e. The van der Waals surface area contributed by atoms with Crippen molar-refractivity contribution < 1.29 is 14.1 Å². The van der Waals surface area contributed by atoms with Gasteiger partial charge in [-0.2, -0.15) is 0 Å². The van der Waals surface area contributed by atoms with E-state index in [0.717, 1.165) is 16.6 Å². The molecule has 3 heterocycles. The number of hydrogen-bond donors (Lipinski definition) is 1. The normalized spacial score (nSPS) is 12.1. The number of amides is 1. The molecular weight excluding hydrogens is 370 g/mol. The van der Waals surface area contributed by atoms with Gasteiger partial charge in [0, 0.05) is 25.6 Å². The predicted octanol–water partition coefficient (Wildman–Crippen LogP) is 3.05. The number of aryl methyl sites for hydroxylation is 2. The molecule has 0 saturated heterocycles. The van der Waals surface area contributed by atoms with Crippen LogP contribution in [0, 0.1) is 0 Å². The zero-order chi connectivity index (χ0) is 20.4. The van der Waals surface area contributed by atoms with Crippen molar-refractivity contribution in [3.05, 3.63) is 71.6 Å². The van der Waals surface area contributed by atoms with Crippen molar-refractivity contribution in [2.75, 3.05) is 7.11 Å². The van der Waals surface area contributed by atoms with Gasteiger partial charge in [-0.05, 0) is 30.2 Å². The highest BCUT2D eigenvalue weighted by molar-refractivity contribution is 5.97. The van der Waals surface area contributed by atoms with Crippen LogP contribution in [-0.4, -0.2) is 32.7 Å². The van der Waals surface area contributed by atoms with Gasteiger partial charge in [0.15, 0.2) is 0 Å². The Balaban J connectivity index is 1.70. The van der Waals surface area contributed by atoms with Crippen LogP contribution in [0.5, 0.6) is 5.75 Å². The fourth-order valence-corrected chi connectivity index (χ4v) is 3.25. The van der Waals surface area contributed by atoms with Gasteiger partial charge in [0.25, 0.3) is 11.6 Å². The van der Waals surface area contributed by atoms with E-state index in [1.807, 2.05) is 49.0 Å². The predicted molar refractivity (Wildman–Crippen MR) is 107 cm³/mol. The van der Waals surface area contributed by atoms with Crippen LogP contribution in [0.4, 0.5) is 0 Å². The molecule has 3 aromatic heterocycles. The highest BCUT2D eigenvalue weighted by Crippen LogP contribution is 2.25. The van der Waals surface area contributed by atoms with Crippen molar-refractivity contribution in [2.24, 2.45) is 7.05 Å². The molecular formula is C21H21N5O3. The number of fused-ring (bicyclic) bond motifs is 1. The zero-order valence-corrected chi connectivity index (χ0v) is 16.4. The first kappa shape index (κ1) is 18.7. The fourth-order valence-electron chi connectivity index (χ4n) is 3.25. The van der Waals surface area contributed by atoms with E-state index >= 15 is 0 Å². The number of hydrogen-bond acceptors (Lipinski definition) is 6. The minimum absolute atomic E-state index is 0.265. The Hall–Kier alpha value is -3.68. The minimum atomic E-state index is -0.457. The van der Waals surface area contributed by atoms with E-state index in [1.165, 1.54) is 6.20 Å². The summed E-state index contributed by atoms with van der Waals surface area (Å²) in [6.07, 6.45) is 5.72. The molecule has 4 aromatic rings. The molecule has 1 aromatic carbocycles. The van der Waals surface area contributed by atoms with Crippen molar-refractivity contribution >= 4 is 17.0 Å². The molecule has 0 aliphatic rings. The van der Waals surface area contributed by atoms with Crippen molar-refractivity contribution in [1.29, 1.82) is 0 Å². The quantitative estimate of drug-likeness (QED) is 0.543. The van der Waals surface area contributed by atoms with Gasteiger partial charge in [-0.3, -0.25) is 4.79 Å². The van der Waals surface area contributed by atoms with Gasteiger partial charge in [-0.1, -0.05) is 24.2 Å². The summed E-state index contributed by atoms with van der Waals surface area (Å²) < 4.78 is 12.4. The number of nitrogens with one attached hydrogen (secondary N) is 1. The van der Waals surface area contributed by atoms with Crippen LogP contribution < -0.4 is 10.1 Å². The Bertz CT molecular complexity index is 1160. The number of rotatable bonds is 6. The van der Waals surface area contributed by atoms with Crippen molar-refractivity contribution in [3.8, 4) is 5.75 Å². The van der Waals surface area contributed by atoms with E-state index in [9.17, 15) is 4.79 Å². The summed E-state index contributed by atoms with van der Waals surface area (Å²) in [7, 11) is 3.50. The van der Waals surface area contributed by atoms with E-state index < -0.39 is 6.04 Å². The number of carbonyl (C=O) groups is 1. The number of carbonyl (C=O) groups excluding carboxylic acids is 1. The molecule has 0 fully saturated rings. The molecule has 4 rings (SSSR count). The van der Waals surface area contributed by atoms with Crippen LogP contribution in [0.1, 0.15) is 40.4 Å². The van der Waals surface area contributed by atoms with Crippen LogP contribution in [0.2, 0.25) is 0 Å². The van der Waals surface area contributed by atoms with Gasteiger partial charge in [-0.15, -0.1) is 0 Å². The number of nitrogens with zero attached hydrogens (tertiary/aromatic N) is 4. The lowest BCUT2D eigenvalue weighted by Gasteiger charge is -2.19. The third-order valence-corrected chi connectivity index (χ3v) is 4.82. The Kier molecular flexibility index (Phi) is 4.99. The van der Waals surface area contributed by atoms with Gasteiger partial charge in [0.1, 0.15) is 17.6 Å². The lowest BCUT2D eigenvalue weighted by atomic mass is 10.0. The first-order valence-electron chi connectivity index (χ1n) is 9.27. The molecule has 0 saturated carbocycles. The first-order valence-corrected chi connectivity index (χ1v) is 9.27. The molecule has 0 aliphatic carbocycles. The molecule has 1 N–H and O–H groups in total. The molecule has 29 heavy (non-hydrogen) atoms. The molecule has 1 unspecified atom stereocenters. The van der Waals surface area contributed by atoms with Gasteiger partial charge in [-0.25, -0.2) is 9.97 Å². The van der Waals surface area contributed by atoms with E-state index in [2.05, 4.69) is 20.4 Å². The number of ether oxygens (including phenoxy) is 1. The third kappa shape index (κ3) is 3.56. The molecule has 8 heteroatoms. The molecule has 8 nitrogen and oxygen atoms in total. The van der Waals surface area contributed by atoms with E-state index in [1.54, 1.807) is 19.4 Å². The summed E-state index contributed by atoms with van der Waals surface area (Å²) in [5, 5.41) is 7.81. The van der Waals surface area contributed by atoms with Gasteiger partial charge < -0.3 is 19.1 Å². The average molecular weight is 391 g/mol. The molecule has 1 amide bonds. The van der Waals surface area contributed by atoms with Crippen molar-refractivity contribution in [2.45, 2.75) is 19.4 Å². The van der Waals surface area contributed by atoms with E-state index in [0.29, 0.717) is 29.3 Å². The van der Waals surface area contributed by atoms with E-state index in [4.69, 9.17) is 9.26 Å². The number of methoxy groups -OCH3 is 1. The summed E-state index contributed by atoms with van der Waals surface area (Å²) in [5.74, 6) is 1.15. The van der Waals surface area contributed by atoms with Crippen LogP contribution in [0.3, 0.4) is 0 Å². The second-order valence-corrected chi connectivity index (χ2v) is 6.64. The number of imidazole rings is 1. The second-order valence-electron chi connectivity index (χ2n) is 6.64. The summed E-state index contributed by atoms with van der Waals surface area (Å²) in [6.45, 7) is 1.98. The van der Waals surface area contributed by atoms with Crippen LogP contribution in [0.15, 0.2) is 53.4 Å². The maximum Gasteiger partial charge on any atom is 0.257 e. The highest BCUT2D eigenvalue weighted by atomic mass is 16.5. The van der Waals surface area contributed by atoms with Crippen LogP contribution >= 0.6 is 0 Å². The molecule has 148 valence electrons. The first-order chi connectivity index (χ1) is 14.1. The number of benzene rings is 1. The van der Waals surface area contributed by atoms with Gasteiger partial charge >= 0.3 is 0 Å². The molecule has 0 bridgehead atoms. The maximum absolute atomic E-state index is 13.1. The number of pyridine rings is 1. The average Bonchev–Trinajstić information content (AvgIpc) is 3.37. The van der Waals surface area contributed by atoms with Gasteiger partial charge in [0.05, 0.1) is 23.8 Å². The topological polar surface area (TPSA) is 95.1 Å². The maximum atomic E-state index is 13.1. The summed E-state index contributed by atoms with van der Waals surface area (Å²) in [6, 6.07) is 8.86. The summed E-state index contributed by atoms with van der Waals surface area (Å²) in [5.41, 5.74) is 2.49. The highest BCUT2D eigenvalue weighted by Gasteiger charge is 2.23. The number of aromatic nitrogens is 4. The Morgan fingerprint density at radius 2 is 2.17 bits per heavy atom. The van der Waals surface area contributed by atoms with Crippen LogP contribution in [-0.2, 0) is 13.5 Å². The second kappa shape index (κ2) is 7.75. The standard InChI is InChI=1S/C21H21N5O3/c1-4-17-16-11-14(12-23-21(16)29-25-17)20(27)24-18(19-22-8-9-26(19)2)13-6-5-7-15(10-13)28-3/h5-12,18H,4H2,1-3H3,(H,24,27). The fraction of sp³-hybridized carbons (Fsp3) is 0.238. The zero-order valence-electron chi connectivity index (χ0n) is 16.4. The third-order valence-electron chi connectivity index (χ3n) is 4.82. The Morgan fingerprint density at radius 1 is 1.31 bits per heavy atom. The lowest BCUT2D eigenvalue weighted by Crippen LogP contribution is -2.31.